The molecule has 5 nitrogen and oxygen atoms in total. The van der Waals surface area contributed by atoms with Crippen LogP contribution in [0, 0.1) is 17.1 Å². The summed E-state index contributed by atoms with van der Waals surface area (Å²) in [5, 5.41) is 18.9. The summed E-state index contributed by atoms with van der Waals surface area (Å²) in [4.78, 5) is 0. The molecule has 0 amide bonds. The van der Waals surface area contributed by atoms with E-state index >= 15 is 0 Å². The second kappa shape index (κ2) is 6.56. The van der Waals surface area contributed by atoms with Crippen LogP contribution in [0.3, 0.4) is 0 Å². The highest BCUT2D eigenvalue weighted by atomic mass is 32.2. The molecule has 0 aliphatic carbocycles. The second-order valence-electron chi connectivity index (χ2n) is 6.04. The topological polar surface area (TPSA) is 81.4 Å². The van der Waals surface area contributed by atoms with Crippen LogP contribution < -0.4 is 0 Å². The normalized spacial score (nSPS) is 23.7. The molecule has 3 atom stereocenters. The molecular formula is C18H17FN2O3S. The summed E-state index contributed by atoms with van der Waals surface area (Å²) in [7, 11) is -3.59. The molecule has 1 heterocycles. The van der Waals surface area contributed by atoms with Crippen LogP contribution in [0.15, 0.2) is 48.5 Å². The van der Waals surface area contributed by atoms with Crippen LogP contribution in [-0.4, -0.2) is 42.8 Å². The number of rotatable bonds is 4. The third-order valence-corrected chi connectivity index (χ3v) is 5.80. The van der Waals surface area contributed by atoms with E-state index in [2.05, 4.69) is 0 Å². The summed E-state index contributed by atoms with van der Waals surface area (Å²) in [6.07, 6.45) is 1.03. The molecule has 130 valence electrons. The molecule has 1 N–H and O–H groups in total. The van der Waals surface area contributed by atoms with Crippen LogP contribution in [0.5, 0.6) is 0 Å². The van der Waals surface area contributed by atoms with Crippen molar-refractivity contribution in [3.05, 3.63) is 59.9 Å². The van der Waals surface area contributed by atoms with Crippen LogP contribution >= 0.6 is 0 Å². The van der Waals surface area contributed by atoms with Crippen LogP contribution in [-0.2, 0) is 10.0 Å². The van der Waals surface area contributed by atoms with Crippen molar-refractivity contribution in [2.45, 2.75) is 18.0 Å². The first kappa shape index (κ1) is 17.5. The number of nitrogens with zero attached hydrogens (tertiary/aromatic N) is 2. The molecular weight excluding hydrogens is 343 g/mol. The molecule has 7 heteroatoms. The Hall–Kier alpha value is -2.27. The maximum atomic E-state index is 13.9. The minimum atomic E-state index is -3.59. The average Bonchev–Trinajstić information content (AvgIpc) is 2.55. The van der Waals surface area contributed by atoms with Crippen molar-refractivity contribution in [1.29, 1.82) is 5.26 Å². The van der Waals surface area contributed by atoms with Gasteiger partial charge in [0.05, 0.1) is 25.0 Å². The Bertz CT molecular complexity index is 922. The Morgan fingerprint density at radius 1 is 1.20 bits per heavy atom. The minimum Gasteiger partial charge on any atom is -0.395 e. The third-order valence-electron chi connectivity index (χ3n) is 4.54. The van der Waals surface area contributed by atoms with Crippen molar-refractivity contribution in [3.8, 4) is 17.2 Å². The summed E-state index contributed by atoms with van der Waals surface area (Å²) < 4.78 is 38.6. The van der Waals surface area contributed by atoms with Crippen LogP contribution in [0.2, 0.25) is 0 Å². The Kier molecular flexibility index (Phi) is 4.60. The smallest absolute Gasteiger partial charge is 0.212 e. The summed E-state index contributed by atoms with van der Waals surface area (Å²) >= 11 is 0. The lowest BCUT2D eigenvalue weighted by Gasteiger charge is -2.49. The predicted octanol–water partition coefficient (Wildman–Crippen LogP) is 2.10. The van der Waals surface area contributed by atoms with Gasteiger partial charge in [-0.05, 0) is 17.2 Å². The lowest BCUT2D eigenvalue weighted by Crippen LogP contribution is -2.64. The molecule has 3 rings (SSSR count). The van der Waals surface area contributed by atoms with E-state index < -0.39 is 28.0 Å². The molecule has 1 aliphatic rings. The van der Waals surface area contributed by atoms with E-state index in [1.165, 1.54) is 6.07 Å². The third kappa shape index (κ3) is 3.04. The fraction of sp³-hybridized carbons (Fsp3) is 0.278. The molecule has 25 heavy (non-hydrogen) atoms. The zero-order valence-electron chi connectivity index (χ0n) is 13.5. The Labute approximate surface area is 146 Å². The molecule has 0 saturated carbocycles. The fourth-order valence-corrected chi connectivity index (χ4v) is 4.68. The summed E-state index contributed by atoms with van der Waals surface area (Å²) in [6.45, 7) is -0.370. The van der Waals surface area contributed by atoms with Gasteiger partial charge in [-0.25, -0.2) is 12.8 Å². The highest BCUT2D eigenvalue weighted by molar-refractivity contribution is 7.88. The lowest BCUT2D eigenvalue weighted by atomic mass is 9.78. The Morgan fingerprint density at radius 3 is 2.36 bits per heavy atom. The number of aliphatic hydroxyl groups is 1. The average molecular weight is 360 g/mol. The summed E-state index contributed by atoms with van der Waals surface area (Å²) in [6, 6.07) is 13.9. The van der Waals surface area contributed by atoms with Gasteiger partial charge in [0.1, 0.15) is 11.9 Å². The predicted molar refractivity (Wildman–Crippen MR) is 91.5 cm³/mol. The highest BCUT2D eigenvalue weighted by Gasteiger charge is 2.53. The van der Waals surface area contributed by atoms with Crippen molar-refractivity contribution in [3.63, 3.8) is 0 Å². The molecule has 0 radical (unpaired) electrons. The summed E-state index contributed by atoms with van der Waals surface area (Å²) in [5.41, 5.74) is 1.90. The first-order chi connectivity index (χ1) is 11.9. The largest absolute Gasteiger partial charge is 0.395 e. The van der Waals surface area contributed by atoms with Crippen molar-refractivity contribution >= 4 is 10.0 Å². The first-order valence-electron chi connectivity index (χ1n) is 7.72. The summed E-state index contributed by atoms with van der Waals surface area (Å²) in [5.74, 6) is -0.746. The van der Waals surface area contributed by atoms with Gasteiger partial charge in [0.15, 0.2) is 0 Å². The van der Waals surface area contributed by atoms with Crippen molar-refractivity contribution in [1.82, 2.24) is 4.31 Å². The van der Waals surface area contributed by atoms with E-state index in [4.69, 9.17) is 0 Å². The molecule has 0 unspecified atom stereocenters. The quantitative estimate of drug-likeness (QED) is 0.905. The monoisotopic (exact) mass is 360 g/mol. The first-order valence-corrected chi connectivity index (χ1v) is 9.57. The van der Waals surface area contributed by atoms with Gasteiger partial charge in [0.2, 0.25) is 10.0 Å². The van der Waals surface area contributed by atoms with Gasteiger partial charge in [-0.1, -0.05) is 42.5 Å². The van der Waals surface area contributed by atoms with Gasteiger partial charge >= 0.3 is 0 Å². The number of nitriles is 1. The molecule has 1 fully saturated rings. The van der Waals surface area contributed by atoms with E-state index in [0.29, 0.717) is 11.1 Å². The second-order valence-corrected chi connectivity index (χ2v) is 7.93. The van der Waals surface area contributed by atoms with E-state index in [1.54, 1.807) is 42.5 Å². The molecule has 2 aromatic carbocycles. The van der Waals surface area contributed by atoms with E-state index in [0.717, 1.165) is 16.1 Å². The lowest BCUT2D eigenvalue weighted by molar-refractivity contribution is 0.0564. The molecule has 1 saturated heterocycles. The molecule has 0 spiro atoms. The maximum Gasteiger partial charge on any atom is 0.212 e. The number of aliphatic hydroxyl groups excluding tert-OH is 1. The van der Waals surface area contributed by atoms with E-state index in [-0.39, 0.29) is 12.4 Å². The maximum absolute atomic E-state index is 13.9. The highest BCUT2D eigenvalue weighted by Crippen LogP contribution is 2.42. The number of sulfonamides is 1. The van der Waals surface area contributed by atoms with Crippen LogP contribution in [0.25, 0.3) is 11.1 Å². The Balaban J connectivity index is 1.92. The zero-order chi connectivity index (χ0) is 18.2. The standard InChI is InChI=1S/C18H17FN2O3S/c1-25(23,24)21-16(10-20)18(17(21)11-22)13-8-6-12(7-9-13)14-4-2-3-5-15(14)19/h2-9,16-18,22H,11H2,1H3/t16-,17-,18-/m1/s1. The van der Waals surface area contributed by atoms with Gasteiger partial charge in [0, 0.05) is 11.5 Å². The number of benzene rings is 2. The minimum absolute atomic E-state index is 0.328. The van der Waals surface area contributed by atoms with Gasteiger partial charge < -0.3 is 5.11 Å². The SMILES string of the molecule is CS(=O)(=O)N1[C@H](C#N)[C@@H](c2ccc(-c3ccccc3F)cc2)[C@H]1CO. The van der Waals surface area contributed by atoms with Crippen molar-refractivity contribution < 1.29 is 17.9 Å². The van der Waals surface area contributed by atoms with E-state index in [1.807, 2.05) is 6.07 Å². The van der Waals surface area contributed by atoms with Gasteiger partial charge in [-0.3, -0.25) is 0 Å². The molecule has 1 aliphatic heterocycles. The number of hydrogen-bond donors (Lipinski definition) is 1. The fourth-order valence-electron chi connectivity index (χ4n) is 3.40. The zero-order valence-corrected chi connectivity index (χ0v) is 14.3. The number of halogens is 1. The molecule has 2 aromatic rings. The molecule has 0 bridgehead atoms. The van der Waals surface area contributed by atoms with Gasteiger partial charge in [-0.2, -0.15) is 9.57 Å². The van der Waals surface area contributed by atoms with E-state index in [9.17, 15) is 23.2 Å². The number of hydrogen-bond acceptors (Lipinski definition) is 4. The van der Waals surface area contributed by atoms with Crippen LogP contribution in [0.4, 0.5) is 4.39 Å². The van der Waals surface area contributed by atoms with Gasteiger partial charge in [0.25, 0.3) is 0 Å². The molecule has 0 aromatic heterocycles. The van der Waals surface area contributed by atoms with Crippen LogP contribution in [0.1, 0.15) is 11.5 Å². The van der Waals surface area contributed by atoms with Crippen molar-refractivity contribution in [2.24, 2.45) is 0 Å². The Morgan fingerprint density at radius 2 is 1.84 bits per heavy atom. The van der Waals surface area contributed by atoms with Crippen molar-refractivity contribution in [2.75, 3.05) is 12.9 Å². The van der Waals surface area contributed by atoms with Gasteiger partial charge in [-0.15, -0.1) is 0 Å².